The quantitative estimate of drug-likeness (QED) is 0.727. The lowest BCUT2D eigenvalue weighted by Gasteiger charge is -2.16. The molecule has 1 saturated heterocycles. The number of nitrogens with zero attached hydrogens (tertiary/aromatic N) is 4. The fourth-order valence-electron chi connectivity index (χ4n) is 3.32. The number of para-hydroxylation sites is 1. The fourth-order valence-corrected chi connectivity index (χ4v) is 3.32. The highest BCUT2D eigenvalue weighted by Gasteiger charge is 2.26. The molecule has 1 atom stereocenters. The van der Waals surface area contributed by atoms with Crippen molar-refractivity contribution in [3.8, 4) is 5.69 Å². The van der Waals surface area contributed by atoms with Crippen molar-refractivity contribution in [2.75, 3.05) is 13.1 Å². The van der Waals surface area contributed by atoms with Gasteiger partial charge in [-0.25, -0.2) is 9.48 Å². The van der Waals surface area contributed by atoms with Crippen LogP contribution in [-0.4, -0.2) is 43.0 Å². The molecule has 1 unspecified atom stereocenters. The Morgan fingerprint density at radius 1 is 1.16 bits per heavy atom. The first-order valence-electron chi connectivity index (χ1n) is 8.20. The van der Waals surface area contributed by atoms with Gasteiger partial charge in [0.1, 0.15) is 0 Å². The number of rotatable bonds is 4. The van der Waals surface area contributed by atoms with E-state index in [1.54, 1.807) is 6.20 Å². The van der Waals surface area contributed by atoms with Crippen LogP contribution < -0.4 is 11.2 Å². The lowest BCUT2D eigenvalue weighted by atomic mass is 10.1. The van der Waals surface area contributed by atoms with Gasteiger partial charge in [0.05, 0.1) is 17.6 Å². The van der Waals surface area contributed by atoms with Crippen LogP contribution >= 0.6 is 0 Å². The number of aromatic amines is 2. The predicted molar refractivity (Wildman–Crippen MR) is 91.7 cm³/mol. The molecule has 0 bridgehead atoms. The van der Waals surface area contributed by atoms with Crippen molar-refractivity contribution in [1.82, 2.24) is 29.9 Å². The summed E-state index contributed by atoms with van der Waals surface area (Å²) in [7, 11) is 0. The van der Waals surface area contributed by atoms with Crippen LogP contribution in [0.5, 0.6) is 0 Å². The molecule has 2 N–H and O–H groups in total. The van der Waals surface area contributed by atoms with Crippen molar-refractivity contribution in [2.45, 2.75) is 18.9 Å². The second-order valence-electron chi connectivity index (χ2n) is 6.24. The van der Waals surface area contributed by atoms with Crippen LogP contribution in [0.2, 0.25) is 0 Å². The monoisotopic (exact) mass is 338 g/mol. The van der Waals surface area contributed by atoms with Gasteiger partial charge in [-0.05, 0) is 25.1 Å². The van der Waals surface area contributed by atoms with E-state index in [-0.39, 0.29) is 11.5 Å². The van der Waals surface area contributed by atoms with Gasteiger partial charge >= 0.3 is 5.69 Å². The average molecular weight is 338 g/mol. The molecule has 0 amide bonds. The van der Waals surface area contributed by atoms with Crippen molar-refractivity contribution < 1.29 is 0 Å². The van der Waals surface area contributed by atoms with Gasteiger partial charge in [-0.2, -0.15) is 0 Å². The van der Waals surface area contributed by atoms with Gasteiger partial charge in [0.2, 0.25) is 0 Å². The zero-order valence-electron chi connectivity index (χ0n) is 13.6. The molecule has 1 fully saturated rings. The van der Waals surface area contributed by atoms with E-state index in [9.17, 15) is 9.59 Å². The Labute approximate surface area is 143 Å². The number of aromatic nitrogens is 5. The maximum atomic E-state index is 11.5. The Kier molecular flexibility index (Phi) is 4.02. The first-order chi connectivity index (χ1) is 12.2. The van der Waals surface area contributed by atoms with Crippen molar-refractivity contribution in [2.24, 2.45) is 0 Å². The molecule has 128 valence electrons. The van der Waals surface area contributed by atoms with Crippen LogP contribution in [0, 0.1) is 0 Å². The van der Waals surface area contributed by atoms with Gasteiger partial charge in [-0.3, -0.25) is 14.7 Å². The average Bonchev–Trinajstić information content (AvgIpc) is 3.25. The number of hydrogen-bond acceptors (Lipinski definition) is 5. The third-order valence-electron chi connectivity index (χ3n) is 4.50. The van der Waals surface area contributed by atoms with Gasteiger partial charge in [0, 0.05) is 30.8 Å². The summed E-state index contributed by atoms with van der Waals surface area (Å²) >= 11 is 0. The SMILES string of the molecule is O=c1cc(C2CCN(Cc3cnnn3-c3ccccc3)C2)[nH]c(=O)[nH]1. The molecule has 8 nitrogen and oxygen atoms in total. The third-order valence-corrected chi connectivity index (χ3v) is 4.50. The topological polar surface area (TPSA) is 99.7 Å². The van der Waals surface area contributed by atoms with Crippen molar-refractivity contribution in [3.63, 3.8) is 0 Å². The highest BCUT2D eigenvalue weighted by atomic mass is 16.2. The van der Waals surface area contributed by atoms with E-state index in [4.69, 9.17) is 0 Å². The Morgan fingerprint density at radius 2 is 2.00 bits per heavy atom. The van der Waals surface area contributed by atoms with Crippen molar-refractivity contribution >= 4 is 0 Å². The second kappa shape index (κ2) is 6.48. The number of benzene rings is 1. The molecule has 0 radical (unpaired) electrons. The molecule has 1 aliphatic rings. The molecular weight excluding hydrogens is 320 g/mol. The zero-order chi connectivity index (χ0) is 17.2. The molecule has 8 heteroatoms. The van der Waals surface area contributed by atoms with Crippen LogP contribution in [0.25, 0.3) is 5.69 Å². The first kappa shape index (κ1) is 15.5. The van der Waals surface area contributed by atoms with Gasteiger partial charge in [-0.15, -0.1) is 5.10 Å². The van der Waals surface area contributed by atoms with Crippen LogP contribution in [0.3, 0.4) is 0 Å². The van der Waals surface area contributed by atoms with E-state index in [0.717, 1.165) is 30.9 Å². The van der Waals surface area contributed by atoms with Gasteiger partial charge in [0.25, 0.3) is 5.56 Å². The maximum absolute atomic E-state index is 11.5. The highest BCUT2D eigenvalue weighted by Crippen LogP contribution is 2.26. The van der Waals surface area contributed by atoms with Crippen molar-refractivity contribution in [3.05, 3.63) is 74.8 Å². The van der Waals surface area contributed by atoms with Gasteiger partial charge in [0.15, 0.2) is 0 Å². The number of hydrogen-bond donors (Lipinski definition) is 2. The summed E-state index contributed by atoms with van der Waals surface area (Å²) < 4.78 is 1.84. The smallest absolute Gasteiger partial charge is 0.311 e. The summed E-state index contributed by atoms with van der Waals surface area (Å²) in [6.07, 6.45) is 2.67. The van der Waals surface area contributed by atoms with Crippen LogP contribution in [0.1, 0.15) is 23.7 Å². The Balaban J connectivity index is 1.50. The Morgan fingerprint density at radius 3 is 2.80 bits per heavy atom. The molecule has 0 aliphatic carbocycles. The standard InChI is InChI=1S/C17H18N6O2/c24-16-8-15(19-17(25)20-16)12-6-7-22(10-12)11-14-9-18-21-23(14)13-4-2-1-3-5-13/h1-5,8-9,12H,6-7,10-11H2,(H2,19,20,24,25). The van der Waals surface area contributed by atoms with E-state index in [1.807, 2.05) is 35.0 Å². The molecule has 1 aromatic carbocycles. The van der Waals surface area contributed by atoms with Crippen molar-refractivity contribution in [1.29, 1.82) is 0 Å². The normalized spacial score (nSPS) is 17.8. The number of nitrogens with one attached hydrogen (secondary N) is 2. The summed E-state index contributed by atoms with van der Waals surface area (Å²) in [5.74, 6) is 0.149. The summed E-state index contributed by atoms with van der Waals surface area (Å²) in [6.45, 7) is 2.38. The zero-order valence-corrected chi connectivity index (χ0v) is 13.6. The van der Waals surface area contributed by atoms with E-state index in [0.29, 0.717) is 12.2 Å². The van der Waals surface area contributed by atoms with E-state index in [2.05, 4.69) is 25.2 Å². The lowest BCUT2D eigenvalue weighted by Crippen LogP contribution is -2.26. The van der Waals surface area contributed by atoms with Crippen LogP contribution in [0.4, 0.5) is 0 Å². The molecule has 3 heterocycles. The summed E-state index contributed by atoms with van der Waals surface area (Å²) in [4.78, 5) is 30.2. The maximum Gasteiger partial charge on any atom is 0.325 e. The first-order valence-corrected chi connectivity index (χ1v) is 8.20. The van der Waals surface area contributed by atoms with Gasteiger partial charge in [-0.1, -0.05) is 23.4 Å². The van der Waals surface area contributed by atoms with Crippen LogP contribution in [0.15, 0.2) is 52.2 Å². The Hall–Kier alpha value is -3.00. The molecule has 4 rings (SSSR count). The molecule has 0 saturated carbocycles. The summed E-state index contributed by atoms with van der Waals surface area (Å²) in [6, 6.07) is 11.4. The molecule has 25 heavy (non-hydrogen) atoms. The fraction of sp³-hybridized carbons (Fsp3) is 0.294. The molecular formula is C17H18N6O2. The molecule has 0 spiro atoms. The minimum atomic E-state index is -0.452. The van der Waals surface area contributed by atoms with E-state index >= 15 is 0 Å². The number of likely N-dealkylation sites (tertiary alicyclic amines) is 1. The summed E-state index contributed by atoms with van der Waals surface area (Å²) in [5, 5.41) is 8.21. The molecule has 3 aromatic rings. The lowest BCUT2D eigenvalue weighted by molar-refractivity contribution is 0.319. The number of H-pyrrole nitrogens is 2. The van der Waals surface area contributed by atoms with E-state index in [1.165, 1.54) is 6.07 Å². The molecule has 1 aliphatic heterocycles. The largest absolute Gasteiger partial charge is 0.325 e. The molecule has 2 aromatic heterocycles. The summed E-state index contributed by atoms with van der Waals surface area (Å²) in [5.41, 5.74) is 1.87. The van der Waals surface area contributed by atoms with Gasteiger partial charge < -0.3 is 4.98 Å². The minimum absolute atomic E-state index is 0.149. The van der Waals surface area contributed by atoms with Crippen LogP contribution in [-0.2, 0) is 6.54 Å². The minimum Gasteiger partial charge on any atom is -0.311 e. The van der Waals surface area contributed by atoms with E-state index < -0.39 is 5.69 Å². The predicted octanol–water partition coefficient (Wildman–Crippen LogP) is 0.633. The second-order valence-corrected chi connectivity index (χ2v) is 6.24. The third kappa shape index (κ3) is 3.29. The highest BCUT2D eigenvalue weighted by molar-refractivity contribution is 5.31. The Bertz CT molecular complexity index is 946.